The van der Waals surface area contributed by atoms with Crippen molar-refractivity contribution in [2.24, 2.45) is 0 Å². The summed E-state index contributed by atoms with van der Waals surface area (Å²) in [6.07, 6.45) is 1.22. The number of carbonyl (C=O) groups is 2. The summed E-state index contributed by atoms with van der Waals surface area (Å²) in [5.41, 5.74) is 0.729. The van der Waals surface area contributed by atoms with Gasteiger partial charge in [0.15, 0.2) is 0 Å². The van der Waals surface area contributed by atoms with Crippen LogP contribution in [0, 0.1) is 0 Å². The van der Waals surface area contributed by atoms with E-state index in [2.05, 4.69) is 0 Å². The number of hydrogen-bond acceptors (Lipinski definition) is 4. The van der Waals surface area contributed by atoms with Gasteiger partial charge in [0.1, 0.15) is 0 Å². The van der Waals surface area contributed by atoms with Crippen LogP contribution in [0.25, 0.3) is 0 Å². The maximum Gasteiger partial charge on any atom is 0.338 e. The lowest BCUT2D eigenvalue weighted by Gasteiger charge is -2.12. The van der Waals surface area contributed by atoms with E-state index in [9.17, 15) is 9.59 Å². The highest BCUT2D eigenvalue weighted by molar-refractivity contribution is 5.95. The summed E-state index contributed by atoms with van der Waals surface area (Å²) in [5.74, 6) is -0.838. The van der Waals surface area contributed by atoms with Gasteiger partial charge in [-0.1, -0.05) is 19.9 Å². The number of hydrogen-bond donors (Lipinski definition) is 0. The van der Waals surface area contributed by atoms with Crippen molar-refractivity contribution in [3.8, 4) is 0 Å². The summed E-state index contributed by atoms with van der Waals surface area (Å²) in [5, 5.41) is 0. The fraction of sp³-hybridized carbons (Fsp3) is 0.500. The lowest BCUT2D eigenvalue weighted by atomic mass is 10.1. The highest BCUT2D eigenvalue weighted by Gasteiger charge is 2.15. The molecule has 20 heavy (non-hydrogen) atoms. The summed E-state index contributed by atoms with van der Waals surface area (Å²) in [6.45, 7) is 7.55. The van der Waals surface area contributed by atoms with E-state index < -0.39 is 11.9 Å². The van der Waals surface area contributed by atoms with Crippen LogP contribution in [-0.4, -0.2) is 24.1 Å². The normalized spacial score (nSPS) is 13.4. The molecule has 0 spiro atoms. The molecule has 0 aliphatic rings. The van der Waals surface area contributed by atoms with Gasteiger partial charge >= 0.3 is 11.9 Å². The predicted molar refractivity (Wildman–Crippen MR) is 76.8 cm³/mol. The first-order chi connectivity index (χ1) is 9.47. The fourth-order valence-electron chi connectivity index (χ4n) is 1.44. The number of rotatable bonds is 6. The van der Waals surface area contributed by atoms with Gasteiger partial charge in [0, 0.05) is 0 Å². The van der Waals surface area contributed by atoms with Crippen molar-refractivity contribution in [3.05, 3.63) is 35.4 Å². The molecule has 0 amide bonds. The number of benzene rings is 1. The zero-order chi connectivity index (χ0) is 15.1. The van der Waals surface area contributed by atoms with Crippen molar-refractivity contribution < 1.29 is 19.1 Å². The van der Waals surface area contributed by atoms with E-state index in [-0.39, 0.29) is 12.2 Å². The lowest BCUT2D eigenvalue weighted by molar-refractivity contribution is 0.0333. The minimum atomic E-state index is -0.419. The minimum Gasteiger partial charge on any atom is -0.459 e. The van der Waals surface area contributed by atoms with Gasteiger partial charge in [-0.3, -0.25) is 0 Å². The molecule has 2 atom stereocenters. The highest BCUT2D eigenvalue weighted by Crippen LogP contribution is 2.11. The number of carbonyl (C=O) groups excluding carboxylic acids is 2. The Hall–Kier alpha value is -1.84. The first-order valence-corrected chi connectivity index (χ1v) is 6.99. The zero-order valence-corrected chi connectivity index (χ0v) is 12.5. The van der Waals surface area contributed by atoms with E-state index in [4.69, 9.17) is 9.47 Å². The Morgan fingerprint density at radius 1 is 0.950 bits per heavy atom. The SMILES string of the molecule is CC[C@H](C)OC(=O)c1cccc(C(=O)O[C@@H](C)CC)c1. The highest BCUT2D eigenvalue weighted by atomic mass is 16.5. The average Bonchev–Trinajstić information content (AvgIpc) is 2.46. The molecule has 1 aromatic rings. The van der Waals surface area contributed by atoms with Gasteiger partial charge in [-0.25, -0.2) is 9.59 Å². The van der Waals surface area contributed by atoms with Crippen LogP contribution in [0.1, 0.15) is 61.3 Å². The summed E-state index contributed by atoms with van der Waals surface area (Å²) >= 11 is 0. The predicted octanol–water partition coefficient (Wildman–Crippen LogP) is 3.60. The molecule has 4 heteroatoms. The Bertz CT molecular complexity index is 428. The zero-order valence-electron chi connectivity index (χ0n) is 12.5. The Morgan fingerprint density at radius 2 is 1.35 bits per heavy atom. The van der Waals surface area contributed by atoms with E-state index >= 15 is 0 Å². The van der Waals surface area contributed by atoms with Crippen molar-refractivity contribution in [1.29, 1.82) is 0 Å². The van der Waals surface area contributed by atoms with Gasteiger partial charge in [-0.15, -0.1) is 0 Å². The monoisotopic (exact) mass is 278 g/mol. The number of ether oxygens (including phenoxy) is 2. The van der Waals surface area contributed by atoms with Gasteiger partial charge in [-0.05, 0) is 44.9 Å². The van der Waals surface area contributed by atoms with Crippen molar-refractivity contribution in [2.45, 2.75) is 52.7 Å². The molecule has 0 aromatic heterocycles. The minimum absolute atomic E-state index is 0.141. The summed E-state index contributed by atoms with van der Waals surface area (Å²) < 4.78 is 10.5. The van der Waals surface area contributed by atoms with Crippen LogP contribution in [0.3, 0.4) is 0 Å². The van der Waals surface area contributed by atoms with Crippen LogP contribution in [0.2, 0.25) is 0 Å². The third kappa shape index (κ3) is 4.68. The molecule has 0 heterocycles. The largest absolute Gasteiger partial charge is 0.459 e. The molecule has 0 N–H and O–H groups in total. The molecule has 0 saturated carbocycles. The maximum atomic E-state index is 11.9. The molecule has 0 unspecified atom stereocenters. The topological polar surface area (TPSA) is 52.6 Å². The van der Waals surface area contributed by atoms with Crippen LogP contribution in [0.5, 0.6) is 0 Å². The van der Waals surface area contributed by atoms with E-state index in [1.54, 1.807) is 18.2 Å². The van der Waals surface area contributed by atoms with Crippen LogP contribution < -0.4 is 0 Å². The van der Waals surface area contributed by atoms with Crippen LogP contribution in [-0.2, 0) is 9.47 Å². The summed E-state index contributed by atoms with van der Waals surface area (Å²) in [6, 6.07) is 6.42. The second-order valence-electron chi connectivity index (χ2n) is 4.83. The van der Waals surface area contributed by atoms with Crippen LogP contribution in [0.15, 0.2) is 24.3 Å². The van der Waals surface area contributed by atoms with Gasteiger partial charge in [0.25, 0.3) is 0 Å². The smallest absolute Gasteiger partial charge is 0.338 e. The van der Waals surface area contributed by atoms with E-state index in [0.29, 0.717) is 11.1 Å². The lowest BCUT2D eigenvalue weighted by Crippen LogP contribution is -2.16. The summed E-state index contributed by atoms with van der Waals surface area (Å²) in [4.78, 5) is 23.8. The van der Waals surface area contributed by atoms with Crippen molar-refractivity contribution >= 4 is 11.9 Å². The first-order valence-electron chi connectivity index (χ1n) is 6.99. The Balaban J connectivity index is 2.80. The van der Waals surface area contributed by atoms with Crippen molar-refractivity contribution in [2.75, 3.05) is 0 Å². The van der Waals surface area contributed by atoms with Crippen LogP contribution >= 0.6 is 0 Å². The molecule has 0 aliphatic heterocycles. The third-order valence-corrected chi connectivity index (χ3v) is 3.10. The van der Waals surface area contributed by atoms with E-state index in [0.717, 1.165) is 12.8 Å². The molecule has 0 aliphatic carbocycles. The molecule has 0 saturated heterocycles. The van der Waals surface area contributed by atoms with Gasteiger partial charge < -0.3 is 9.47 Å². The quantitative estimate of drug-likeness (QED) is 0.746. The van der Waals surface area contributed by atoms with Crippen LogP contribution in [0.4, 0.5) is 0 Å². The molecular formula is C16H22O4. The maximum absolute atomic E-state index is 11.9. The van der Waals surface area contributed by atoms with Crippen molar-refractivity contribution in [1.82, 2.24) is 0 Å². The van der Waals surface area contributed by atoms with Gasteiger partial charge in [-0.2, -0.15) is 0 Å². The van der Waals surface area contributed by atoms with Gasteiger partial charge in [0.05, 0.1) is 23.3 Å². The second-order valence-corrected chi connectivity index (χ2v) is 4.83. The molecule has 0 fully saturated rings. The van der Waals surface area contributed by atoms with Crippen molar-refractivity contribution in [3.63, 3.8) is 0 Å². The average molecular weight is 278 g/mol. The molecule has 110 valence electrons. The molecule has 1 rings (SSSR count). The molecule has 0 radical (unpaired) electrons. The Morgan fingerprint density at radius 3 is 1.70 bits per heavy atom. The molecule has 4 nitrogen and oxygen atoms in total. The summed E-state index contributed by atoms with van der Waals surface area (Å²) in [7, 11) is 0. The molecule has 1 aromatic carbocycles. The Kier molecular flexibility index (Phi) is 6.22. The van der Waals surface area contributed by atoms with Gasteiger partial charge in [0.2, 0.25) is 0 Å². The third-order valence-electron chi connectivity index (χ3n) is 3.10. The second kappa shape index (κ2) is 7.68. The fourth-order valence-corrected chi connectivity index (χ4v) is 1.44. The first kappa shape index (κ1) is 16.2. The van der Waals surface area contributed by atoms with E-state index in [1.165, 1.54) is 6.07 Å². The molecule has 0 bridgehead atoms. The Labute approximate surface area is 120 Å². The number of esters is 2. The standard InChI is InChI=1S/C16H22O4/c1-5-11(3)19-15(17)13-8-7-9-14(10-13)16(18)20-12(4)6-2/h7-12H,5-6H2,1-4H3/t11-,12-/m0/s1. The molecular weight excluding hydrogens is 256 g/mol. The van der Waals surface area contributed by atoms with E-state index in [1.807, 2.05) is 27.7 Å².